The summed E-state index contributed by atoms with van der Waals surface area (Å²) in [6.07, 6.45) is 4.39. The molecular formula is C18H24ClNO4S. The minimum atomic E-state index is -1.31. The normalized spacial score (nSPS) is 19.8. The molecule has 5 nitrogen and oxygen atoms in total. The smallest absolute Gasteiger partial charge is 0.238 e. The predicted octanol–water partition coefficient (Wildman–Crippen LogP) is 3.15. The molecule has 25 heavy (non-hydrogen) atoms. The molecule has 0 saturated carbocycles. The molecule has 2 unspecified atom stereocenters. The molecule has 0 radical (unpaired) electrons. The van der Waals surface area contributed by atoms with Crippen molar-refractivity contribution in [3.05, 3.63) is 22.7 Å². The van der Waals surface area contributed by atoms with E-state index >= 15 is 0 Å². The van der Waals surface area contributed by atoms with Gasteiger partial charge in [0, 0.05) is 29.6 Å². The number of nitrogens with zero attached hydrogens (tertiary/aromatic N) is 1. The van der Waals surface area contributed by atoms with E-state index < -0.39 is 16.0 Å². The van der Waals surface area contributed by atoms with Gasteiger partial charge in [0.15, 0.2) is 11.5 Å². The van der Waals surface area contributed by atoms with Gasteiger partial charge in [0.1, 0.15) is 18.5 Å². The third-order valence-corrected chi connectivity index (χ3v) is 6.51. The Hall–Kier alpha value is -1.27. The van der Waals surface area contributed by atoms with Crippen LogP contribution in [0.15, 0.2) is 12.1 Å². The van der Waals surface area contributed by atoms with Crippen molar-refractivity contribution >= 4 is 28.3 Å². The van der Waals surface area contributed by atoms with Crippen LogP contribution in [0, 0.1) is 0 Å². The topological polar surface area (TPSA) is 55.8 Å². The standard InChI is InChI=1S/C18H24ClNO4S/c1-13(18(21)20-6-4-2-3-5-7-20)25(22)12-14-10-15(19)17-16(11-14)23-8-9-24-17/h10-11,13H,2-9,12H2,1H3. The highest BCUT2D eigenvalue weighted by molar-refractivity contribution is 7.85. The Morgan fingerprint density at radius 3 is 2.60 bits per heavy atom. The summed E-state index contributed by atoms with van der Waals surface area (Å²) in [5, 5.41) is -0.0687. The fourth-order valence-electron chi connectivity index (χ4n) is 3.20. The van der Waals surface area contributed by atoms with E-state index in [2.05, 4.69) is 0 Å². The van der Waals surface area contributed by atoms with Gasteiger partial charge in [0.2, 0.25) is 5.91 Å². The first-order valence-electron chi connectivity index (χ1n) is 8.80. The number of rotatable bonds is 4. The molecule has 0 bridgehead atoms. The van der Waals surface area contributed by atoms with E-state index in [1.54, 1.807) is 19.1 Å². The van der Waals surface area contributed by atoms with E-state index in [1.807, 2.05) is 4.90 Å². The van der Waals surface area contributed by atoms with Crippen LogP contribution in [-0.2, 0) is 21.3 Å². The number of halogens is 1. The van der Waals surface area contributed by atoms with Gasteiger partial charge in [0.25, 0.3) is 0 Å². The van der Waals surface area contributed by atoms with Crippen LogP contribution in [0.4, 0.5) is 0 Å². The second-order valence-electron chi connectivity index (χ2n) is 6.51. The number of hydrogen-bond acceptors (Lipinski definition) is 4. The van der Waals surface area contributed by atoms with Gasteiger partial charge in [-0.3, -0.25) is 9.00 Å². The van der Waals surface area contributed by atoms with Gasteiger partial charge >= 0.3 is 0 Å². The monoisotopic (exact) mass is 385 g/mol. The van der Waals surface area contributed by atoms with Gasteiger partial charge in [-0.2, -0.15) is 0 Å². The Morgan fingerprint density at radius 1 is 1.20 bits per heavy atom. The molecule has 1 aromatic carbocycles. The minimum absolute atomic E-state index is 0.0103. The zero-order chi connectivity index (χ0) is 17.8. The van der Waals surface area contributed by atoms with E-state index in [4.69, 9.17) is 21.1 Å². The molecule has 1 aromatic rings. The Bertz CT molecular complexity index is 659. The largest absolute Gasteiger partial charge is 0.486 e. The molecule has 2 aliphatic rings. The molecule has 7 heteroatoms. The fraction of sp³-hybridized carbons (Fsp3) is 0.611. The Labute approximate surface area is 156 Å². The van der Waals surface area contributed by atoms with Crippen molar-refractivity contribution in [2.24, 2.45) is 0 Å². The summed E-state index contributed by atoms with van der Waals surface area (Å²) >= 11 is 6.23. The summed E-state index contributed by atoms with van der Waals surface area (Å²) in [5.41, 5.74) is 0.795. The Morgan fingerprint density at radius 2 is 1.88 bits per heavy atom. The highest BCUT2D eigenvalue weighted by Crippen LogP contribution is 2.38. The minimum Gasteiger partial charge on any atom is -0.486 e. The maximum Gasteiger partial charge on any atom is 0.238 e. The lowest BCUT2D eigenvalue weighted by Gasteiger charge is -2.24. The highest BCUT2D eigenvalue weighted by atomic mass is 35.5. The van der Waals surface area contributed by atoms with E-state index in [0.717, 1.165) is 44.3 Å². The maximum absolute atomic E-state index is 12.7. The number of hydrogen-bond donors (Lipinski definition) is 0. The molecule has 2 heterocycles. The van der Waals surface area contributed by atoms with Gasteiger partial charge in [0.05, 0.1) is 5.02 Å². The van der Waals surface area contributed by atoms with Crippen LogP contribution in [0.1, 0.15) is 38.2 Å². The van der Waals surface area contributed by atoms with Crippen LogP contribution in [0.3, 0.4) is 0 Å². The summed E-state index contributed by atoms with van der Waals surface area (Å²) in [7, 11) is -1.31. The molecule has 0 spiro atoms. The molecular weight excluding hydrogens is 362 g/mol. The van der Waals surface area contributed by atoms with E-state index in [-0.39, 0.29) is 11.7 Å². The van der Waals surface area contributed by atoms with Crippen LogP contribution < -0.4 is 9.47 Å². The quantitative estimate of drug-likeness (QED) is 0.798. The van der Waals surface area contributed by atoms with Crippen LogP contribution in [0.2, 0.25) is 5.02 Å². The van der Waals surface area contributed by atoms with Crippen LogP contribution in [0.25, 0.3) is 0 Å². The van der Waals surface area contributed by atoms with Gasteiger partial charge < -0.3 is 14.4 Å². The number of ether oxygens (including phenoxy) is 2. The van der Waals surface area contributed by atoms with Crippen molar-refractivity contribution < 1.29 is 18.5 Å². The fourth-order valence-corrected chi connectivity index (χ4v) is 4.60. The first-order chi connectivity index (χ1) is 12.1. The average molecular weight is 386 g/mol. The Kier molecular flexibility index (Phi) is 6.23. The molecule has 0 aromatic heterocycles. The average Bonchev–Trinajstić information content (AvgIpc) is 2.90. The number of benzene rings is 1. The van der Waals surface area contributed by atoms with Crippen molar-refractivity contribution in [3.8, 4) is 11.5 Å². The molecule has 1 fully saturated rings. The van der Waals surface area contributed by atoms with Gasteiger partial charge in [-0.05, 0) is 37.5 Å². The summed E-state index contributed by atoms with van der Waals surface area (Å²) < 4.78 is 23.8. The first-order valence-corrected chi connectivity index (χ1v) is 10.6. The zero-order valence-corrected chi connectivity index (χ0v) is 16.0. The van der Waals surface area contributed by atoms with Gasteiger partial charge in [-0.1, -0.05) is 24.4 Å². The van der Waals surface area contributed by atoms with Crippen LogP contribution >= 0.6 is 11.6 Å². The predicted molar refractivity (Wildman–Crippen MR) is 98.8 cm³/mol. The lowest BCUT2D eigenvalue weighted by Crippen LogP contribution is -2.40. The molecule has 2 aliphatic heterocycles. The van der Waals surface area contributed by atoms with E-state index in [0.29, 0.717) is 29.7 Å². The van der Waals surface area contributed by atoms with Crippen molar-refractivity contribution in [1.82, 2.24) is 4.90 Å². The molecule has 1 saturated heterocycles. The van der Waals surface area contributed by atoms with Crippen molar-refractivity contribution in [1.29, 1.82) is 0 Å². The summed E-state index contributed by atoms with van der Waals surface area (Å²) in [4.78, 5) is 14.5. The Balaban J connectivity index is 1.66. The zero-order valence-electron chi connectivity index (χ0n) is 14.5. The molecule has 1 amide bonds. The third kappa shape index (κ3) is 4.47. The first kappa shape index (κ1) is 18.5. The summed E-state index contributed by atoms with van der Waals surface area (Å²) in [5.74, 6) is 1.38. The molecule has 138 valence electrons. The van der Waals surface area contributed by atoms with Crippen molar-refractivity contribution in [2.45, 2.75) is 43.6 Å². The highest BCUT2D eigenvalue weighted by Gasteiger charge is 2.26. The van der Waals surface area contributed by atoms with Crippen molar-refractivity contribution in [3.63, 3.8) is 0 Å². The lowest BCUT2D eigenvalue weighted by atomic mass is 10.2. The number of carbonyl (C=O) groups is 1. The second-order valence-corrected chi connectivity index (χ2v) is 8.67. The number of fused-ring (bicyclic) bond motifs is 1. The molecule has 2 atom stereocenters. The van der Waals surface area contributed by atoms with Crippen LogP contribution in [0.5, 0.6) is 11.5 Å². The number of amides is 1. The molecule has 0 aliphatic carbocycles. The maximum atomic E-state index is 12.7. The third-order valence-electron chi connectivity index (χ3n) is 4.63. The number of likely N-dealkylation sites (tertiary alicyclic amines) is 1. The second kappa shape index (κ2) is 8.41. The molecule has 0 N–H and O–H groups in total. The summed E-state index contributed by atoms with van der Waals surface area (Å²) in [6.45, 7) is 4.24. The van der Waals surface area contributed by atoms with Gasteiger partial charge in [-0.25, -0.2) is 0 Å². The number of carbonyl (C=O) groups excluding carboxylic acids is 1. The van der Waals surface area contributed by atoms with E-state index in [9.17, 15) is 9.00 Å². The SMILES string of the molecule is CC(C(=O)N1CCCCCC1)S(=O)Cc1cc(Cl)c2c(c1)OCCO2. The van der Waals surface area contributed by atoms with Crippen LogP contribution in [-0.4, -0.2) is 46.6 Å². The van der Waals surface area contributed by atoms with Crippen molar-refractivity contribution in [2.75, 3.05) is 26.3 Å². The van der Waals surface area contributed by atoms with E-state index in [1.165, 1.54) is 0 Å². The molecule has 3 rings (SSSR count). The lowest BCUT2D eigenvalue weighted by molar-refractivity contribution is -0.130. The van der Waals surface area contributed by atoms with Gasteiger partial charge in [-0.15, -0.1) is 0 Å². The summed E-state index contributed by atoms with van der Waals surface area (Å²) in [6, 6.07) is 3.55.